The van der Waals surface area contributed by atoms with Gasteiger partial charge in [0.1, 0.15) is 12.6 Å². The summed E-state index contributed by atoms with van der Waals surface area (Å²) in [5.74, 6) is -0.476. The maximum Gasteiger partial charge on any atom is 0.325 e. The minimum Gasteiger partial charge on any atom is -0.326 e. The lowest BCUT2D eigenvalue weighted by Gasteiger charge is -2.14. The lowest BCUT2D eigenvalue weighted by atomic mass is 10.0. The predicted octanol–water partition coefficient (Wildman–Crippen LogP) is 3.26. The van der Waals surface area contributed by atoms with Crippen molar-refractivity contribution in [2.75, 3.05) is 11.9 Å². The van der Waals surface area contributed by atoms with E-state index < -0.39 is 18.0 Å². The fraction of sp³-hybridized carbons (Fsp3) is 0.286. The zero-order valence-electron chi connectivity index (χ0n) is 15.4. The number of carbonyl (C=O) groups is 3. The van der Waals surface area contributed by atoms with E-state index in [2.05, 4.69) is 10.6 Å². The van der Waals surface area contributed by atoms with Crippen molar-refractivity contribution in [3.63, 3.8) is 0 Å². The molecule has 140 valence electrons. The minimum atomic E-state index is -0.546. The molecule has 1 atom stereocenters. The number of benzene rings is 2. The quantitative estimate of drug-likeness (QED) is 0.771. The van der Waals surface area contributed by atoms with Crippen LogP contribution in [0.15, 0.2) is 54.6 Å². The van der Waals surface area contributed by atoms with Crippen LogP contribution in [-0.2, 0) is 9.59 Å². The molecule has 3 rings (SSSR count). The molecule has 1 aliphatic rings. The Morgan fingerprint density at radius 3 is 2.30 bits per heavy atom. The largest absolute Gasteiger partial charge is 0.326 e. The first kappa shape index (κ1) is 18.6. The first-order chi connectivity index (χ1) is 12.9. The van der Waals surface area contributed by atoms with Crippen molar-refractivity contribution in [3.8, 4) is 11.1 Å². The molecular formula is C21H23N3O3. The fourth-order valence-electron chi connectivity index (χ4n) is 3.08. The van der Waals surface area contributed by atoms with Gasteiger partial charge >= 0.3 is 6.03 Å². The minimum absolute atomic E-state index is 0.274. The Hall–Kier alpha value is -3.15. The van der Waals surface area contributed by atoms with Crippen molar-refractivity contribution < 1.29 is 14.4 Å². The Kier molecular flexibility index (Phi) is 5.54. The van der Waals surface area contributed by atoms with Crippen molar-refractivity contribution in [2.24, 2.45) is 5.92 Å². The molecule has 2 aromatic carbocycles. The summed E-state index contributed by atoms with van der Waals surface area (Å²) < 4.78 is 0. The molecule has 27 heavy (non-hydrogen) atoms. The second kappa shape index (κ2) is 8.03. The number of rotatable bonds is 6. The molecule has 2 aromatic rings. The molecule has 0 spiro atoms. The van der Waals surface area contributed by atoms with E-state index >= 15 is 0 Å². The van der Waals surface area contributed by atoms with E-state index in [9.17, 15) is 14.4 Å². The standard InChI is InChI=1S/C21H23N3O3/c1-14(2)12-18-20(26)24(21(27)23-18)13-19(25)22-17-10-8-16(9-11-17)15-6-4-3-5-7-15/h3-11,14,18H,12-13H2,1-2H3,(H,22,25)(H,23,27)/t18-/m1/s1. The molecule has 1 fully saturated rings. The summed E-state index contributed by atoms with van der Waals surface area (Å²) in [6, 6.07) is 16.3. The van der Waals surface area contributed by atoms with E-state index in [1.54, 1.807) is 12.1 Å². The van der Waals surface area contributed by atoms with Gasteiger partial charge in [-0.1, -0.05) is 56.3 Å². The molecule has 4 amide bonds. The Bertz CT molecular complexity index is 832. The third kappa shape index (κ3) is 4.53. The summed E-state index contributed by atoms with van der Waals surface area (Å²) in [7, 11) is 0. The Balaban J connectivity index is 1.59. The van der Waals surface area contributed by atoms with E-state index in [0.29, 0.717) is 12.1 Å². The second-order valence-electron chi connectivity index (χ2n) is 7.05. The summed E-state index contributed by atoms with van der Waals surface area (Å²) in [6.07, 6.45) is 0.559. The van der Waals surface area contributed by atoms with Gasteiger partial charge in [0, 0.05) is 5.69 Å². The highest BCUT2D eigenvalue weighted by atomic mass is 16.2. The van der Waals surface area contributed by atoms with Crippen molar-refractivity contribution in [1.82, 2.24) is 10.2 Å². The summed E-state index contributed by atoms with van der Waals surface area (Å²) in [5, 5.41) is 5.37. The third-order valence-corrected chi connectivity index (χ3v) is 4.39. The summed E-state index contributed by atoms with van der Waals surface area (Å²) in [4.78, 5) is 37.5. The molecule has 1 aliphatic heterocycles. The van der Waals surface area contributed by atoms with Crippen molar-refractivity contribution in [2.45, 2.75) is 26.3 Å². The molecule has 0 aromatic heterocycles. The Morgan fingerprint density at radius 1 is 1.04 bits per heavy atom. The number of urea groups is 1. The molecule has 1 heterocycles. The van der Waals surface area contributed by atoms with E-state index in [0.717, 1.165) is 16.0 Å². The van der Waals surface area contributed by atoms with Crippen molar-refractivity contribution in [1.29, 1.82) is 0 Å². The zero-order valence-corrected chi connectivity index (χ0v) is 15.4. The molecule has 2 N–H and O–H groups in total. The highest BCUT2D eigenvalue weighted by Crippen LogP contribution is 2.21. The molecule has 1 saturated heterocycles. The Labute approximate surface area is 158 Å². The average Bonchev–Trinajstić information content (AvgIpc) is 2.90. The first-order valence-corrected chi connectivity index (χ1v) is 9.01. The van der Waals surface area contributed by atoms with E-state index in [1.165, 1.54) is 0 Å². The van der Waals surface area contributed by atoms with Crippen LogP contribution >= 0.6 is 0 Å². The summed E-state index contributed by atoms with van der Waals surface area (Å²) in [5.41, 5.74) is 2.75. The van der Waals surface area contributed by atoms with Crippen LogP contribution in [0, 0.1) is 5.92 Å². The first-order valence-electron chi connectivity index (χ1n) is 9.01. The maximum atomic E-state index is 12.3. The van der Waals surface area contributed by atoms with Gasteiger partial charge in [-0.3, -0.25) is 14.5 Å². The van der Waals surface area contributed by atoms with Gasteiger partial charge in [-0.15, -0.1) is 0 Å². The SMILES string of the molecule is CC(C)C[C@H]1NC(=O)N(CC(=O)Nc2ccc(-c3ccccc3)cc2)C1=O. The van der Waals surface area contributed by atoms with Crippen LogP contribution in [0.25, 0.3) is 11.1 Å². The van der Waals surface area contributed by atoms with Gasteiger partial charge in [0.2, 0.25) is 5.91 Å². The number of carbonyl (C=O) groups excluding carboxylic acids is 3. The zero-order chi connectivity index (χ0) is 19.4. The molecule has 0 bridgehead atoms. The third-order valence-electron chi connectivity index (χ3n) is 4.39. The van der Waals surface area contributed by atoms with Crippen LogP contribution in [0.5, 0.6) is 0 Å². The van der Waals surface area contributed by atoms with E-state index in [4.69, 9.17) is 0 Å². The summed E-state index contributed by atoms with van der Waals surface area (Å²) >= 11 is 0. The van der Waals surface area contributed by atoms with Crippen molar-refractivity contribution in [3.05, 3.63) is 54.6 Å². The average molecular weight is 365 g/mol. The lowest BCUT2D eigenvalue weighted by molar-refractivity contribution is -0.131. The van der Waals surface area contributed by atoms with Gasteiger partial charge in [-0.2, -0.15) is 0 Å². The molecule has 0 radical (unpaired) electrons. The van der Waals surface area contributed by atoms with Crippen LogP contribution < -0.4 is 10.6 Å². The number of hydrogen-bond donors (Lipinski definition) is 2. The molecule has 0 unspecified atom stereocenters. The molecule has 0 aliphatic carbocycles. The fourth-order valence-corrected chi connectivity index (χ4v) is 3.08. The number of hydrogen-bond acceptors (Lipinski definition) is 3. The van der Waals surface area contributed by atoms with Crippen LogP contribution in [0.3, 0.4) is 0 Å². The monoisotopic (exact) mass is 365 g/mol. The summed E-state index contributed by atoms with van der Waals surface area (Å²) in [6.45, 7) is 3.67. The van der Waals surface area contributed by atoms with Gasteiger partial charge in [-0.25, -0.2) is 4.79 Å². The van der Waals surface area contributed by atoms with E-state index in [1.807, 2.05) is 56.3 Å². The number of nitrogens with zero attached hydrogens (tertiary/aromatic N) is 1. The topological polar surface area (TPSA) is 78.5 Å². The molecule has 6 nitrogen and oxygen atoms in total. The normalized spacial score (nSPS) is 16.6. The van der Waals surface area contributed by atoms with Gasteiger partial charge in [0.15, 0.2) is 0 Å². The van der Waals surface area contributed by atoms with Crippen LogP contribution in [0.2, 0.25) is 0 Å². The number of nitrogens with one attached hydrogen (secondary N) is 2. The van der Waals surface area contributed by atoms with Crippen LogP contribution in [-0.4, -0.2) is 35.3 Å². The molecule has 6 heteroatoms. The van der Waals surface area contributed by atoms with Gasteiger partial charge in [0.05, 0.1) is 0 Å². The number of amides is 4. The predicted molar refractivity (Wildman–Crippen MR) is 104 cm³/mol. The van der Waals surface area contributed by atoms with Gasteiger partial charge < -0.3 is 10.6 Å². The van der Waals surface area contributed by atoms with E-state index in [-0.39, 0.29) is 18.4 Å². The second-order valence-corrected chi connectivity index (χ2v) is 7.05. The van der Waals surface area contributed by atoms with Crippen molar-refractivity contribution >= 4 is 23.5 Å². The lowest BCUT2D eigenvalue weighted by Crippen LogP contribution is -2.38. The Morgan fingerprint density at radius 2 is 1.67 bits per heavy atom. The van der Waals surface area contributed by atoms with Crippen LogP contribution in [0.1, 0.15) is 20.3 Å². The highest BCUT2D eigenvalue weighted by Gasteiger charge is 2.38. The van der Waals surface area contributed by atoms with Gasteiger partial charge in [-0.05, 0) is 35.6 Å². The number of anilines is 1. The molecular weight excluding hydrogens is 342 g/mol. The van der Waals surface area contributed by atoms with Gasteiger partial charge in [0.25, 0.3) is 5.91 Å². The maximum absolute atomic E-state index is 12.3. The van der Waals surface area contributed by atoms with Crippen LogP contribution in [0.4, 0.5) is 10.5 Å². The number of imide groups is 1. The molecule has 0 saturated carbocycles. The smallest absolute Gasteiger partial charge is 0.325 e. The highest BCUT2D eigenvalue weighted by molar-refractivity contribution is 6.07.